The molecule has 0 spiro atoms. The van der Waals surface area contributed by atoms with E-state index in [1.165, 1.54) is 5.56 Å². The molecule has 33 heavy (non-hydrogen) atoms. The van der Waals surface area contributed by atoms with Gasteiger partial charge in [0.2, 0.25) is 5.95 Å². The van der Waals surface area contributed by atoms with Crippen molar-refractivity contribution in [2.45, 2.75) is 19.8 Å². The topological polar surface area (TPSA) is 78.4 Å². The van der Waals surface area contributed by atoms with Crippen LogP contribution >= 0.6 is 0 Å². The zero-order valence-corrected chi connectivity index (χ0v) is 18.7. The number of benzene rings is 3. The second kappa shape index (κ2) is 9.96. The molecule has 0 radical (unpaired) electrons. The van der Waals surface area contributed by atoms with Gasteiger partial charge in [-0.15, -0.1) is 0 Å². The highest BCUT2D eigenvalue weighted by molar-refractivity contribution is 5.83. The van der Waals surface area contributed by atoms with E-state index in [1.807, 2.05) is 79.5 Å². The maximum absolute atomic E-state index is 12.5. The molecule has 0 amide bonds. The molecule has 0 aliphatic heterocycles. The lowest BCUT2D eigenvalue weighted by molar-refractivity contribution is -0.117. The molecule has 6 nitrogen and oxygen atoms in total. The van der Waals surface area contributed by atoms with Gasteiger partial charge in [0.1, 0.15) is 17.4 Å². The van der Waals surface area contributed by atoms with Gasteiger partial charge in [0, 0.05) is 43.5 Å². The predicted molar refractivity (Wildman–Crippen MR) is 132 cm³/mol. The summed E-state index contributed by atoms with van der Waals surface area (Å²) in [5.74, 6) is 1.52. The minimum atomic E-state index is 0.172. The first kappa shape index (κ1) is 22.0. The summed E-state index contributed by atoms with van der Waals surface area (Å²) in [5.41, 5.74) is 4.87. The van der Waals surface area contributed by atoms with E-state index in [0.29, 0.717) is 24.5 Å². The number of aromatic hydroxyl groups is 1. The zero-order valence-electron chi connectivity index (χ0n) is 18.7. The molecule has 0 aliphatic rings. The van der Waals surface area contributed by atoms with Crippen molar-refractivity contribution in [1.29, 1.82) is 0 Å². The van der Waals surface area contributed by atoms with Crippen molar-refractivity contribution in [3.63, 3.8) is 0 Å². The van der Waals surface area contributed by atoms with Crippen molar-refractivity contribution < 1.29 is 9.90 Å². The Morgan fingerprint density at radius 2 is 1.61 bits per heavy atom. The number of carbonyl (C=O) groups excluding carboxylic acids is 1. The van der Waals surface area contributed by atoms with Gasteiger partial charge < -0.3 is 15.3 Å². The SMILES string of the molecule is Cc1ccc(CC(=O)Cc2ccc(N(C)c3ccnc(Nc4cccc(O)c4)n3)cc2)cc1. The fraction of sp³-hybridized carbons (Fsp3) is 0.148. The molecule has 0 atom stereocenters. The number of anilines is 4. The van der Waals surface area contributed by atoms with Gasteiger partial charge in [0.15, 0.2) is 0 Å². The molecule has 1 aromatic heterocycles. The molecule has 4 rings (SSSR count). The molecule has 4 aromatic rings. The monoisotopic (exact) mass is 438 g/mol. The molecule has 0 saturated heterocycles. The van der Waals surface area contributed by atoms with Crippen molar-refractivity contribution in [2.75, 3.05) is 17.3 Å². The Bertz CT molecular complexity index is 1240. The van der Waals surface area contributed by atoms with Crippen LogP contribution in [0.4, 0.5) is 23.1 Å². The van der Waals surface area contributed by atoms with Crippen molar-refractivity contribution >= 4 is 28.9 Å². The van der Waals surface area contributed by atoms with E-state index in [0.717, 1.165) is 22.6 Å². The van der Waals surface area contributed by atoms with Crippen LogP contribution in [0.15, 0.2) is 85.1 Å². The lowest BCUT2D eigenvalue weighted by Gasteiger charge is -2.19. The maximum Gasteiger partial charge on any atom is 0.229 e. The van der Waals surface area contributed by atoms with Crippen LogP contribution in [0.3, 0.4) is 0 Å². The van der Waals surface area contributed by atoms with E-state index in [2.05, 4.69) is 15.3 Å². The largest absolute Gasteiger partial charge is 0.508 e. The highest BCUT2D eigenvalue weighted by Crippen LogP contribution is 2.24. The van der Waals surface area contributed by atoms with Crippen LogP contribution < -0.4 is 10.2 Å². The third-order valence-electron chi connectivity index (χ3n) is 5.33. The zero-order chi connectivity index (χ0) is 23.2. The number of Topliss-reactive ketones (excluding diaryl/α,β-unsaturated/α-hetero) is 1. The van der Waals surface area contributed by atoms with E-state index in [-0.39, 0.29) is 11.5 Å². The van der Waals surface area contributed by atoms with E-state index >= 15 is 0 Å². The lowest BCUT2D eigenvalue weighted by atomic mass is 10.0. The van der Waals surface area contributed by atoms with Crippen LogP contribution in [-0.4, -0.2) is 27.9 Å². The molecule has 0 fully saturated rings. The van der Waals surface area contributed by atoms with Gasteiger partial charge in [-0.1, -0.05) is 48.0 Å². The second-order valence-electron chi connectivity index (χ2n) is 8.02. The number of nitrogens with zero attached hydrogens (tertiary/aromatic N) is 3. The average molecular weight is 439 g/mol. The smallest absolute Gasteiger partial charge is 0.229 e. The highest BCUT2D eigenvalue weighted by Gasteiger charge is 2.10. The first-order chi connectivity index (χ1) is 16.0. The van der Waals surface area contributed by atoms with Gasteiger partial charge in [-0.3, -0.25) is 4.79 Å². The molecule has 166 valence electrons. The molecular weight excluding hydrogens is 412 g/mol. The summed E-state index contributed by atoms with van der Waals surface area (Å²) >= 11 is 0. The third-order valence-corrected chi connectivity index (χ3v) is 5.33. The quantitative estimate of drug-likeness (QED) is 0.386. The van der Waals surface area contributed by atoms with Gasteiger partial charge in [-0.2, -0.15) is 4.98 Å². The molecule has 1 heterocycles. The first-order valence-corrected chi connectivity index (χ1v) is 10.8. The Kier molecular flexibility index (Phi) is 6.64. The number of carbonyl (C=O) groups is 1. The van der Waals surface area contributed by atoms with Crippen LogP contribution in [0.5, 0.6) is 5.75 Å². The van der Waals surface area contributed by atoms with Crippen LogP contribution in [0.1, 0.15) is 16.7 Å². The highest BCUT2D eigenvalue weighted by atomic mass is 16.3. The first-order valence-electron chi connectivity index (χ1n) is 10.8. The Balaban J connectivity index is 1.40. The molecule has 0 bridgehead atoms. The molecular formula is C27H26N4O2. The normalized spacial score (nSPS) is 10.6. The van der Waals surface area contributed by atoms with E-state index < -0.39 is 0 Å². The number of phenolic OH excluding ortho intramolecular Hbond substituents is 1. The van der Waals surface area contributed by atoms with Gasteiger partial charge in [-0.05, 0) is 48.4 Å². The second-order valence-corrected chi connectivity index (χ2v) is 8.02. The van der Waals surface area contributed by atoms with Gasteiger partial charge in [-0.25, -0.2) is 4.98 Å². The van der Waals surface area contributed by atoms with Gasteiger partial charge >= 0.3 is 0 Å². The fourth-order valence-electron chi connectivity index (χ4n) is 3.50. The number of nitrogens with one attached hydrogen (secondary N) is 1. The fourth-order valence-corrected chi connectivity index (χ4v) is 3.50. The Morgan fingerprint density at radius 3 is 2.27 bits per heavy atom. The maximum atomic E-state index is 12.5. The van der Waals surface area contributed by atoms with E-state index in [4.69, 9.17) is 0 Å². The number of hydrogen-bond acceptors (Lipinski definition) is 6. The summed E-state index contributed by atoms with van der Waals surface area (Å²) in [6, 6.07) is 24.6. The minimum Gasteiger partial charge on any atom is -0.508 e. The average Bonchev–Trinajstić information content (AvgIpc) is 2.81. The summed E-state index contributed by atoms with van der Waals surface area (Å²) in [7, 11) is 1.93. The molecule has 3 aromatic carbocycles. The minimum absolute atomic E-state index is 0.172. The third kappa shape index (κ3) is 5.95. The number of rotatable bonds is 8. The molecule has 0 aliphatic carbocycles. The van der Waals surface area contributed by atoms with Crippen LogP contribution in [0.2, 0.25) is 0 Å². The van der Waals surface area contributed by atoms with Gasteiger partial charge in [0.05, 0.1) is 0 Å². The predicted octanol–water partition coefficient (Wildman–Crippen LogP) is 5.36. The molecule has 6 heteroatoms. The summed E-state index contributed by atoms with van der Waals surface area (Å²) in [4.78, 5) is 23.2. The number of aryl methyl sites for hydroxylation is 1. The van der Waals surface area contributed by atoms with Crippen molar-refractivity contribution in [1.82, 2.24) is 9.97 Å². The number of ketones is 1. The summed E-state index contributed by atoms with van der Waals surface area (Å²) in [5, 5.41) is 12.7. The van der Waals surface area contributed by atoms with Crippen LogP contribution in [0.25, 0.3) is 0 Å². The Morgan fingerprint density at radius 1 is 0.939 bits per heavy atom. The Hall–Kier alpha value is -4.19. The summed E-state index contributed by atoms with van der Waals surface area (Å²) < 4.78 is 0. The lowest BCUT2D eigenvalue weighted by Crippen LogP contribution is -2.12. The molecule has 0 unspecified atom stereocenters. The standard InChI is InChI=1S/C27H26N4O2/c1-19-6-8-20(9-7-19)16-25(33)17-21-10-12-23(13-11-21)31(2)26-14-15-28-27(30-26)29-22-4-3-5-24(32)18-22/h3-15,18,32H,16-17H2,1-2H3,(H,28,29,30). The van der Waals surface area contributed by atoms with Crippen molar-refractivity contribution in [3.8, 4) is 5.75 Å². The molecule has 2 N–H and O–H groups in total. The van der Waals surface area contributed by atoms with E-state index in [1.54, 1.807) is 24.4 Å². The number of aromatic nitrogens is 2. The summed E-state index contributed by atoms with van der Waals surface area (Å²) in [6.07, 6.45) is 2.53. The Labute approximate surface area is 193 Å². The van der Waals surface area contributed by atoms with Crippen LogP contribution in [-0.2, 0) is 17.6 Å². The number of hydrogen-bond donors (Lipinski definition) is 2. The van der Waals surface area contributed by atoms with Crippen molar-refractivity contribution in [3.05, 3.63) is 102 Å². The molecule has 0 saturated carbocycles. The van der Waals surface area contributed by atoms with Crippen molar-refractivity contribution in [2.24, 2.45) is 0 Å². The van der Waals surface area contributed by atoms with Crippen LogP contribution in [0, 0.1) is 6.92 Å². The van der Waals surface area contributed by atoms with Gasteiger partial charge in [0.25, 0.3) is 0 Å². The van der Waals surface area contributed by atoms with E-state index in [9.17, 15) is 9.90 Å². The number of phenols is 1. The summed E-state index contributed by atoms with van der Waals surface area (Å²) in [6.45, 7) is 2.04.